The number of nitriles is 6. The first kappa shape index (κ1) is 57.9. The van der Waals surface area contributed by atoms with Gasteiger partial charge in [0, 0.05) is 16.6 Å². The van der Waals surface area contributed by atoms with Crippen molar-refractivity contribution in [2.45, 2.75) is 38.9 Å². The predicted molar refractivity (Wildman–Crippen MR) is 308 cm³/mol. The molecule has 30 heteroatoms. The Kier molecular flexibility index (Phi) is 15.1. The molecule has 0 amide bonds. The molecule has 4 aliphatic heterocycles. The van der Waals surface area contributed by atoms with Gasteiger partial charge in [0.25, 0.3) is 11.8 Å². The lowest BCUT2D eigenvalue weighted by atomic mass is 9.76. The number of aromatic nitrogens is 8. The zero-order valence-electron chi connectivity index (χ0n) is 45.8. The van der Waals surface area contributed by atoms with E-state index in [9.17, 15) is 21.0 Å². The number of oxazole rings is 2. The zero-order chi connectivity index (χ0) is 62.9. The van der Waals surface area contributed by atoms with Crippen LogP contribution in [0.4, 0.5) is 5.69 Å². The van der Waals surface area contributed by atoms with Gasteiger partial charge in [-0.1, -0.05) is 36.4 Å². The molecule has 0 unspecified atom stereocenters. The summed E-state index contributed by atoms with van der Waals surface area (Å²) >= 11 is 11.4. The summed E-state index contributed by atoms with van der Waals surface area (Å²) in [6, 6.07) is 35.3. The maximum absolute atomic E-state index is 10.2. The molecule has 0 radical (unpaired) electrons. The molecule has 0 bridgehead atoms. The van der Waals surface area contributed by atoms with E-state index in [-0.39, 0.29) is 129 Å². The van der Waals surface area contributed by atoms with Crippen LogP contribution in [0.1, 0.15) is 38.8 Å². The fourth-order valence-corrected chi connectivity index (χ4v) is 9.10. The average molecular weight is 1200 g/mol. The van der Waals surface area contributed by atoms with E-state index in [0.717, 1.165) is 5.52 Å². The Morgan fingerprint density at radius 2 is 0.933 bits per heavy atom. The number of nitrogens with zero attached hydrogens (tertiary/aromatic N) is 23. The highest BCUT2D eigenvalue weighted by atomic mass is 35.5. The van der Waals surface area contributed by atoms with Crippen LogP contribution in [0.25, 0.3) is 82.9 Å². The maximum Gasteiger partial charge on any atom is 0.496 e. The highest BCUT2D eigenvalue weighted by Crippen LogP contribution is 2.37. The summed E-state index contributed by atoms with van der Waals surface area (Å²) in [6.07, 6.45) is 0. The van der Waals surface area contributed by atoms with E-state index in [2.05, 4.69) is 96.5 Å². The second-order valence-corrected chi connectivity index (χ2v) is 20.0. The molecule has 27 nitrogen and oxygen atoms in total. The first-order chi connectivity index (χ1) is 42.9. The van der Waals surface area contributed by atoms with Crippen molar-refractivity contribution in [1.29, 1.82) is 31.6 Å². The highest BCUT2D eigenvalue weighted by molar-refractivity contribution is 6.62. The molecule has 4 aliphatic rings. The lowest BCUT2D eigenvalue weighted by Gasteiger charge is -2.32. The Morgan fingerprint density at radius 3 is 1.44 bits per heavy atom. The van der Waals surface area contributed by atoms with Crippen LogP contribution >= 0.6 is 23.2 Å². The molecule has 4 aromatic heterocycles. The summed E-state index contributed by atoms with van der Waals surface area (Å²) < 4.78 is 23.4. The van der Waals surface area contributed by atoms with Gasteiger partial charge in [-0.15, -0.1) is 0 Å². The van der Waals surface area contributed by atoms with Gasteiger partial charge in [0.2, 0.25) is 27.9 Å². The van der Waals surface area contributed by atoms with Crippen LogP contribution in [0.15, 0.2) is 158 Å². The molecule has 0 N–H and O–H groups in total. The van der Waals surface area contributed by atoms with Crippen molar-refractivity contribution < 1.29 is 18.1 Å². The zero-order valence-corrected chi connectivity index (χ0v) is 47.3. The average Bonchev–Trinajstić information content (AvgIpc) is 1.87. The number of allylic oxidation sites excluding steroid dienone is 3. The summed E-state index contributed by atoms with van der Waals surface area (Å²) in [5.41, 5.74) is 1.75. The number of rotatable bonds is 5. The molecule has 5 aromatic carbocycles. The SMILES string of the molecule is CC1(C)OB(c2ccc3c(c2C#N)=NC(=C(C#N)C#N)N=3)OC1(C)C.Clc1nc(Cl)nc(-c2nc3ccccc3o2)n1.[C-]#[N+]/C(C#N)=C1/N=c2ccc(-c3nc(-c4nc5ccccc5o4)nc(-c4ccc5c(c4C#N)=N/C(=C(\C#N)[N+]#[C-])N=5)n3)c([N+]#[C-])c2=N1. The van der Waals surface area contributed by atoms with Gasteiger partial charge < -0.3 is 18.1 Å². The minimum absolute atomic E-state index is 0.00209. The van der Waals surface area contributed by atoms with Crippen molar-refractivity contribution in [2.24, 2.45) is 30.0 Å². The fraction of sp³-hybridized carbons (Fsp3) is 0.102. The molecular formula is C59H26BCl2N23O4. The van der Waals surface area contributed by atoms with Crippen LogP contribution in [-0.4, -0.2) is 58.2 Å². The minimum atomic E-state index is -0.709. The fourth-order valence-electron chi connectivity index (χ4n) is 8.73. The number of benzene rings is 5. The number of para-hydroxylation sites is 4. The van der Waals surface area contributed by atoms with Crippen LogP contribution in [0.2, 0.25) is 10.6 Å². The third-order valence-electron chi connectivity index (χ3n) is 13.6. The van der Waals surface area contributed by atoms with Crippen molar-refractivity contribution >= 4 is 63.7 Å². The molecule has 0 atom stereocenters. The molecule has 0 spiro atoms. The molecule has 9 aromatic rings. The molecule has 0 aliphatic carbocycles. The van der Waals surface area contributed by atoms with Crippen LogP contribution in [0.5, 0.6) is 0 Å². The second-order valence-electron chi connectivity index (χ2n) is 19.4. The quantitative estimate of drug-likeness (QED) is 0.100. The van der Waals surface area contributed by atoms with E-state index in [1.165, 1.54) is 0 Å². The van der Waals surface area contributed by atoms with E-state index in [0.29, 0.717) is 32.9 Å². The summed E-state index contributed by atoms with van der Waals surface area (Å²) in [7, 11) is -0.709. The van der Waals surface area contributed by atoms with Crippen molar-refractivity contribution in [3.05, 3.63) is 207 Å². The summed E-state index contributed by atoms with van der Waals surface area (Å²) in [6.45, 7) is 30.2. The molecule has 1 fully saturated rings. The topological polar surface area (TPSA) is 378 Å². The molecule has 13 rings (SSSR count). The number of fused-ring (bicyclic) bond motifs is 5. The summed E-state index contributed by atoms with van der Waals surface area (Å²) in [5, 5.41) is 58.1. The maximum atomic E-state index is 10.2. The standard InChI is InChI=1S/C32H8N14O.C17H14BN5O2.C10H4Cl2N4O/c1-36-21(13-34)29-39-19-10-8-15(17(12-33)24(19)42-29)27-44-28(46-31(45-27)32-41-18-6-4-5-7-23(18)47-32)16-9-11-20-26(25(16)38-3)43-30(40-20)22(14-35)37-2;1-16(2)17(3,4)25-18(24-16)12-5-6-13-14(11(12)9-21)23-15(22-13)10(7-19)8-20;11-9-14-7(15-10(12)16-9)8-13-5-3-1-2-4-6(5)17-8/h4-11H;5-6H,1-4H3;1-4H/b29-21+,30-22-;;. The smallest absolute Gasteiger partial charge is 0.434 e. The van der Waals surface area contributed by atoms with Gasteiger partial charge in [-0.05, 0) is 99.4 Å². The Balaban J connectivity index is 0.000000161. The minimum Gasteiger partial charge on any atom is -0.434 e. The number of halogens is 2. The van der Waals surface area contributed by atoms with Crippen LogP contribution in [0.3, 0.4) is 0 Å². The van der Waals surface area contributed by atoms with Crippen molar-refractivity contribution in [2.75, 3.05) is 0 Å². The predicted octanol–water partition coefficient (Wildman–Crippen LogP) is 6.52. The van der Waals surface area contributed by atoms with Gasteiger partial charge in [0.1, 0.15) is 46.0 Å². The van der Waals surface area contributed by atoms with Gasteiger partial charge in [-0.25, -0.2) is 79.9 Å². The van der Waals surface area contributed by atoms with Crippen molar-refractivity contribution in [1.82, 2.24) is 39.9 Å². The monoisotopic (exact) mass is 1200 g/mol. The third kappa shape index (κ3) is 10.7. The first-order valence-corrected chi connectivity index (χ1v) is 26.2. The Labute approximate surface area is 509 Å². The van der Waals surface area contributed by atoms with Gasteiger partial charge in [0.05, 0.1) is 75.6 Å². The van der Waals surface area contributed by atoms with Crippen LogP contribution in [0, 0.1) is 87.7 Å². The lowest BCUT2D eigenvalue weighted by molar-refractivity contribution is 0.00578. The Morgan fingerprint density at radius 1 is 0.483 bits per heavy atom. The van der Waals surface area contributed by atoms with Crippen molar-refractivity contribution in [3.63, 3.8) is 0 Å². The first-order valence-electron chi connectivity index (χ1n) is 25.4. The number of hydrogen-bond acceptors (Lipinski definition) is 24. The summed E-state index contributed by atoms with van der Waals surface area (Å²) in [5.74, 6) is 0.309. The molecule has 0 saturated carbocycles. The molecule has 89 heavy (non-hydrogen) atoms. The van der Waals surface area contributed by atoms with E-state index in [1.807, 2.05) is 45.9 Å². The summed E-state index contributed by atoms with van der Waals surface area (Å²) in [4.78, 5) is 69.4. The largest absolute Gasteiger partial charge is 0.496 e. The Bertz CT molecular complexity index is 5290. The van der Waals surface area contributed by atoms with Gasteiger partial charge in [-0.3, -0.25) is 0 Å². The van der Waals surface area contributed by atoms with Crippen LogP contribution < -0.4 is 37.6 Å². The third-order valence-corrected chi connectivity index (χ3v) is 14.0. The normalized spacial score (nSPS) is 14.9. The highest BCUT2D eigenvalue weighted by Gasteiger charge is 2.52. The van der Waals surface area contributed by atoms with Crippen molar-refractivity contribution in [3.8, 4) is 82.6 Å². The van der Waals surface area contributed by atoms with E-state index >= 15 is 0 Å². The van der Waals surface area contributed by atoms with Crippen LogP contribution in [-0.2, 0) is 9.31 Å². The van der Waals surface area contributed by atoms with E-state index < -0.39 is 18.3 Å². The second kappa shape index (κ2) is 23.3. The van der Waals surface area contributed by atoms with Gasteiger partial charge in [0.15, 0.2) is 45.9 Å². The molecule has 1 saturated heterocycles. The van der Waals surface area contributed by atoms with E-state index in [4.69, 9.17) is 71.6 Å². The lowest BCUT2D eigenvalue weighted by Crippen LogP contribution is -2.42. The molecule has 418 valence electrons. The molecular weight excluding hydrogens is 1180 g/mol. The van der Waals surface area contributed by atoms with Gasteiger partial charge >= 0.3 is 18.5 Å². The van der Waals surface area contributed by atoms with Gasteiger partial charge in [-0.2, -0.15) is 36.0 Å². The van der Waals surface area contributed by atoms with E-state index in [1.54, 1.807) is 91.0 Å². The molecule has 8 heterocycles. The Hall–Kier alpha value is -12.9. The number of hydrogen-bond donors (Lipinski definition) is 0.